The van der Waals surface area contributed by atoms with E-state index in [1.807, 2.05) is 22.6 Å². The van der Waals surface area contributed by atoms with Crippen LogP contribution in [0.2, 0.25) is 0 Å². The van der Waals surface area contributed by atoms with Crippen molar-refractivity contribution in [1.29, 1.82) is 0 Å². The standard InChI is InChI=1S/C20H33N3O3/c1-5-23-17(14-16(21-23)13-15(2)3)19(24)22-10-8-20(9-11-22)18(25-4)7-6-12-26-20/h14-15,18H,5-13H2,1-4H3/t18-/m0/s1. The van der Waals surface area contributed by atoms with Gasteiger partial charge in [-0.2, -0.15) is 5.10 Å². The highest BCUT2D eigenvalue weighted by Crippen LogP contribution is 2.37. The van der Waals surface area contributed by atoms with Gasteiger partial charge in [-0.25, -0.2) is 0 Å². The molecule has 26 heavy (non-hydrogen) atoms. The fourth-order valence-electron chi connectivity index (χ4n) is 4.35. The van der Waals surface area contributed by atoms with Crippen molar-refractivity contribution in [2.24, 2.45) is 5.92 Å². The number of rotatable bonds is 5. The number of nitrogens with zero attached hydrogens (tertiary/aromatic N) is 3. The Morgan fingerprint density at radius 1 is 1.42 bits per heavy atom. The number of piperidine rings is 1. The molecule has 1 amide bonds. The van der Waals surface area contributed by atoms with Crippen LogP contribution in [-0.2, 0) is 22.4 Å². The Bertz CT molecular complexity index is 618. The van der Waals surface area contributed by atoms with Gasteiger partial charge < -0.3 is 14.4 Å². The first kappa shape index (κ1) is 19.4. The first-order valence-electron chi connectivity index (χ1n) is 10.0. The molecule has 2 fully saturated rings. The van der Waals surface area contributed by atoms with Gasteiger partial charge in [0.25, 0.3) is 5.91 Å². The molecule has 0 aliphatic carbocycles. The van der Waals surface area contributed by atoms with Gasteiger partial charge in [-0.15, -0.1) is 0 Å². The number of carbonyl (C=O) groups is 1. The maximum atomic E-state index is 13.1. The molecular formula is C20H33N3O3. The van der Waals surface area contributed by atoms with Gasteiger partial charge in [0, 0.05) is 33.4 Å². The number of methoxy groups -OCH3 is 1. The molecule has 0 saturated carbocycles. The fourth-order valence-corrected chi connectivity index (χ4v) is 4.35. The highest BCUT2D eigenvalue weighted by molar-refractivity contribution is 5.92. The van der Waals surface area contributed by atoms with Crippen LogP contribution >= 0.6 is 0 Å². The van der Waals surface area contributed by atoms with E-state index in [4.69, 9.17) is 9.47 Å². The quantitative estimate of drug-likeness (QED) is 0.807. The molecule has 2 aliphatic heterocycles. The number of carbonyl (C=O) groups excluding carboxylic acids is 1. The molecular weight excluding hydrogens is 330 g/mol. The molecule has 0 bridgehead atoms. The molecule has 6 heteroatoms. The Morgan fingerprint density at radius 3 is 2.77 bits per heavy atom. The summed E-state index contributed by atoms with van der Waals surface area (Å²) in [6.07, 6.45) is 4.84. The number of hydrogen-bond donors (Lipinski definition) is 0. The van der Waals surface area contributed by atoms with Gasteiger partial charge in [0.2, 0.25) is 0 Å². The minimum Gasteiger partial charge on any atom is -0.378 e. The summed E-state index contributed by atoms with van der Waals surface area (Å²) in [5.41, 5.74) is 1.51. The lowest BCUT2D eigenvalue weighted by atomic mass is 9.82. The largest absolute Gasteiger partial charge is 0.378 e. The summed E-state index contributed by atoms with van der Waals surface area (Å²) in [4.78, 5) is 15.1. The van der Waals surface area contributed by atoms with E-state index < -0.39 is 0 Å². The van der Waals surface area contributed by atoms with Crippen molar-refractivity contribution in [3.8, 4) is 0 Å². The molecule has 0 radical (unpaired) electrons. The number of amides is 1. The SMILES string of the molecule is CCn1nc(CC(C)C)cc1C(=O)N1CCC2(CC1)OCCC[C@@H]2OC. The van der Waals surface area contributed by atoms with Crippen LogP contribution in [0.4, 0.5) is 0 Å². The third-order valence-corrected chi connectivity index (χ3v) is 5.74. The van der Waals surface area contributed by atoms with E-state index in [9.17, 15) is 4.79 Å². The van der Waals surface area contributed by atoms with Crippen LogP contribution in [0.25, 0.3) is 0 Å². The zero-order valence-corrected chi connectivity index (χ0v) is 16.7. The van der Waals surface area contributed by atoms with Crippen molar-refractivity contribution in [3.05, 3.63) is 17.5 Å². The van der Waals surface area contributed by atoms with Crippen LogP contribution in [-0.4, -0.2) is 59.1 Å². The molecule has 1 atom stereocenters. The molecule has 0 aromatic carbocycles. The second-order valence-electron chi connectivity index (χ2n) is 8.01. The Labute approximate surface area is 156 Å². The molecule has 1 spiro atoms. The molecule has 0 N–H and O–H groups in total. The van der Waals surface area contributed by atoms with E-state index in [-0.39, 0.29) is 17.6 Å². The van der Waals surface area contributed by atoms with E-state index in [2.05, 4.69) is 18.9 Å². The molecule has 2 aliphatic rings. The van der Waals surface area contributed by atoms with E-state index in [1.165, 1.54) is 0 Å². The summed E-state index contributed by atoms with van der Waals surface area (Å²) in [6.45, 7) is 9.33. The van der Waals surface area contributed by atoms with Crippen molar-refractivity contribution in [2.45, 2.75) is 71.1 Å². The van der Waals surface area contributed by atoms with Gasteiger partial charge in [-0.05, 0) is 51.0 Å². The molecule has 1 aromatic rings. The maximum absolute atomic E-state index is 13.1. The lowest BCUT2D eigenvalue weighted by Gasteiger charge is -2.47. The zero-order chi connectivity index (χ0) is 18.7. The third-order valence-electron chi connectivity index (χ3n) is 5.74. The lowest BCUT2D eigenvalue weighted by Crippen LogP contribution is -2.56. The smallest absolute Gasteiger partial charge is 0.272 e. The molecule has 146 valence electrons. The van der Waals surface area contributed by atoms with E-state index in [1.54, 1.807) is 7.11 Å². The van der Waals surface area contributed by atoms with Crippen LogP contribution in [0.5, 0.6) is 0 Å². The van der Waals surface area contributed by atoms with Gasteiger partial charge in [0.05, 0.1) is 17.4 Å². The zero-order valence-electron chi connectivity index (χ0n) is 16.7. The average molecular weight is 364 g/mol. The number of aryl methyl sites for hydroxylation is 1. The second-order valence-corrected chi connectivity index (χ2v) is 8.01. The molecule has 3 rings (SSSR count). The maximum Gasteiger partial charge on any atom is 0.272 e. The Hall–Kier alpha value is -1.40. The summed E-state index contributed by atoms with van der Waals surface area (Å²) >= 11 is 0. The van der Waals surface area contributed by atoms with Crippen molar-refractivity contribution in [1.82, 2.24) is 14.7 Å². The van der Waals surface area contributed by atoms with Crippen LogP contribution < -0.4 is 0 Å². The summed E-state index contributed by atoms with van der Waals surface area (Å²) in [6, 6.07) is 1.98. The first-order chi connectivity index (χ1) is 12.5. The third kappa shape index (κ3) is 3.81. The Balaban J connectivity index is 1.69. The minimum atomic E-state index is -0.211. The van der Waals surface area contributed by atoms with Crippen molar-refractivity contribution in [3.63, 3.8) is 0 Å². The van der Waals surface area contributed by atoms with Crippen LogP contribution in [0.15, 0.2) is 6.07 Å². The predicted molar refractivity (Wildman–Crippen MR) is 100 cm³/mol. The van der Waals surface area contributed by atoms with Gasteiger partial charge in [0.1, 0.15) is 5.69 Å². The minimum absolute atomic E-state index is 0.0917. The Kier molecular flexibility index (Phi) is 6.03. The lowest BCUT2D eigenvalue weighted by molar-refractivity contribution is -0.183. The number of hydrogen-bond acceptors (Lipinski definition) is 4. The second kappa shape index (κ2) is 8.09. The van der Waals surface area contributed by atoms with Crippen molar-refractivity contribution in [2.75, 3.05) is 26.8 Å². The van der Waals surface area contributed by atoms with E-state index >= 15 is 0 Å². The molecule has 0 unspecified atom stereocenters. The molecule has 1 aromatic heterocycles. The highest BCUT2D eigenvalue weighted by atomic mass is 16.5. The number of likely N-dealkylation sites (tertiary alicyclic amines) is 1. The normalized spacial score (nSPS) is 23.0. The summed E-state index contributed by atoms with van der Waals surface area (Å²) in [5, 5.41) is 4.62. The van der Waals surface area contributed by atoms with Crippen LogP contribution in [0.3, 0.4) is 0 Å². The number of ether oxygens (including phenoxy) is 2. The van der Waals surface area contributed by atoms with E-state index in [0.29, 0.717) is 31.2 Å². The van der Waals surface area contributed by atoms with Gasteiger partial charge in [0.15, 0.2) is 0 Å². The molecule has 2 saturated heterocycles. The van der Waals surface area contributed by atoms with Gasteiger partial charge in [-0.1, -0.05) is 13.8 Å². The van der Waals surface area contributed by atoms with Crippen molar-refractivity contribution < 1.29 is 14.3 Å². The molecule has 3 heterocycles. The van der Waals surface area contributed by atoms with Crippen LogP contribution in [0, 0.1) is 5.92 Å². The molecule has 6 nitrogen and oxygen atoms in total. The predicted octanol–water partition coefficient (Wildman–Crippen LogP) is 2.90. The first-order valence-corrected chi connectivity index (χ1v) is 10.0. The summed E-state index contributed by atoms with van der Waals surface area (Å²) in [5.74, 6) is 0.622. The van der Waals surface area contributed by atoms with Crippen molar-refractivity contribution >= 4 is 5.91 Å². The van der Waals surface area contributed by atoms with E-state index in [0.717, 1.165) is 44.4 Å². The monoisotopic (exact) mass is 363 g/mol. The topological polar surface area (TPSA) is 56.6 Å². The number of aromatic nitrogens is 2. The summed E-state index contributed by atoms with van der Waals surface area (Å²) < 4.78 is 13.7. The van der Waals surface area contributed by atoms with Gasteiger partial charge in [-0.3, -0.25) is 9.48 Å². The highest BCUT2D eigenvalue weighted by Gasteiger charge is 2.45. The average Bonchev–Trinajstić information content (AvgIpc) is 3.04. The Morgan fingerprint density at radius 2 is 2.15 bits per heavy atom. The van der Waals surface area contributed by atoms with Crippen LogP contribution in [0.1, 0.15) is 62.6 Å². The summed E-state index contributed by atoms with van der Waals surface area (Å²) in [7, 11) is 1.77. The fraction of sp³-hybridized carbons (Fsp3) is 0.800. The van der Waals surface area contributed by atoms with Gasteiger partial charge >= 0.3 is 0 Å².